The molecule has 1 aromatic carbocycles. The van der Waals surface area contributed by atoms with Crippen molar-refractivity contribution in [2.24, 2.45) is 5.73 Å². The lowest BCUT2D eigenvalue weighted by Crippen LogP contribution is -2.13. The molecular weight excluding hydrogens is 206 g/mol. The molecule has 0 aliphatic carbocycles. The molecule has 5 nitrogen and oxygen atoms in total. The number of imidazole rings is 1. The quantitative estimate of drug-likeness (QED) is 0.748. The molecule has 0 saturated heterocycles. The second-order valence-electron chi connectivity index (χ2n) is 3.50. The number of H-pyrrole nitrogens is 1. The highest BCUT2D eigenvalue weighted by Crippen LogP contribution is 2.14. The van der Waals surface area contributed by atoms with E-state index in [1.165, 1.54) is 6.92 Å². The predicted octanol–water partition coefficient (Wildman–Crippen LogP) is 0.907. The lowest BCUT2D eigenvalue weighted by Gasteiger charge is -1.96. The molecule has 0 unspecified atom stereocenters. The Kier molecular flexibility index (Phi) is 2.54. The fourth-order valence-corrected chi connectivity index (χ4v) is 1.47. The summed E-state index contributed by atoms with van der Waals surface area (Å²) in [6.45, 7) is 1.41. The Labute approximate surface area is 91.7 Å². The average molecular weight is 217 g/mol. The van der Waals surface area contributed by atoms with E-state index in [1.54, 1.807) is 18.2 Å². The molecule has 2 aromatic rings. The summed E-state index contributed by atoms with van der Waals surface area (Å²) < 4.78 is 0. The van der Waals surface area contributed by atoms with Gasteiger partial charge >= 0.3 is 0 Å². The number of rotatable bonds is 3. The van der Waals surface area contributed by atoms with Crippen molar-refractivity contribution in [3.63, 3.8) is 0 Å². The number of carbonyl (C=O) groups is 2. The maximum absolute atomic E-state index is 11.4. The van der Waals surface area contributed by atoms with Crippen LogP contribution in [0.2, 0.25) is 0 Å². The van der Waals surface area contributed by atoms with Crippen molar-refractivity contribution < 1.29 is 9.59 Å². The van der Waals surface area contributed by atoms with Crippen molar-refractivity contribution in [2.45, 2.75) is 6.92 Å². The van der Waals surface area contributed by atoms with Gasteiger partial charge in [-0.1, -0.05) is 0 Å². The van der Waals surface area contributed by atoms with Gasteiger partial charge in [-0.2, -0.15) is 0 Å². The Morgan fingerprint density at radius 2 is 2.19 bits per heavy atom. The number of Topliss-reactive ketones (excluding diaryl/α,β-unsaturated/α-hetero) is 2. The Morgan fingerprint density at radius 3 is 2.81 bits per heavy atom. The van der Waals surface area contributed by atoms with Crippen LogP contribution < -0.4 is 5.73 Å². The van der Waals surface area contributed by atoms with E-state index in [9.17, 15) is 9.59 Å². The van der Waals surface area contributed by atoms with Crippen molar-refractivity contribution >= 4 is 22.6 Å². The summed E-state index contributed by atoms with van der Waals surface area (Å²) in [6, 6.07) is 5.01. The molecule has 16 heavy (non-hydrogen) atoms. The van der Waals surface area contributed by atoms with Crippen LogP contribution in [0.4, 0.5) is 0 Å². The average Bonchev–Trinajstić information content (AvgIpc) is 2.70. The number of hydrogen-bond donors (Lipinski definition) is 2. The van der Waals surface area contributed by atoms with Crippen LogP contribution in [0.5, 0.6) is 0 Å². The Balaban J connectivity index is 2.53. The molecule has 1 aromatic heterocycles. The first-order chi connectivity index (χ1) is 7.61. The van der Waals surface area contributed by atoms with Gasteiger partial charge in [0.05, 0.1) is 17.6 Å². The van der Waals surface area contributed by atoms with E-state index in [0.717, 1.165) is 0 Å². The zero-order valence-corrected chi connectivity index (χ0v) is 8.78. The summed E-state index contributed by atoms with van der Waals surface area (Å²) in [6.07, 6.45) is 0. The maximum Gasteiger partial charge on any atom is 0.195 e. The van der Waals surface area contributed by atoms with E-state index in [1.807, 2.05) is 0 Å². The fourth-order valence-electron chi connectivity index (χ4n) is 1.47. The number of benzene rings is 1. The van der Waals surface area contributed by atoms with Crippen LogP contribution in [0.1, 0.15) is 27.9 Å². The number of aromatic nitrogens is 2. The van der Waals surface area contributed by atoms with E-state index in [0.29, 0.717) is 22.4 Å². The van der Waals surface area contributed by atoms with Crippen LogP contribution in [-0.2, 0) is 0 Å². The molecule has 1 heterocycles. The summed E-state index contributed by atoms with van der Waals surface area (Å²) in [5.41, 5.74) is 7.13. The highest BCUT2D eigenvalue weighted by molar-refractivity contribution is 6.01. The van der Waals surface area contributed by atoms with E-state index in [4.69, 9.17) is 5.73 Å². The number of aromatic amines is 1. The van der Waals surface area contributed by atoms with Gasteiger partial charge in [-0.3, -0.25) is 9.59 Å². The number of ketones is 2. The molecule has 0 saturated carbocycles. The molecule has 0 atom stereocenters. The SMILES string of the molecule is CC(=O)c1nc2ccc(C(=O)CN)cc2[nH]1. The van der Waals surface area contributed by atoms with Gasteiger partial charge < -0.3 is 10.7 Å². The first-order valence-corrected chi connectivity index (χ1v) is 4.86. The van der Waals surface area contributed by atoms with Gasteiger partial charge in [0.2, 0.25) is 0 Å². The van der Waals surface area contributed by atoms with Crippen LogP contribution in [-0.4, -0.2) is 28.1 Å². The Hall–Kier alpha value is -2.01. The van der Waals surface area contributed by atoms with Gasteiger partial charge in [0.25, 0.3) is 0 Å². The first-order valence-electron chi connectivity index (χ1n) is 4.86. The highest BCUT2D eigenvalue weighted by Gasteiger charge is 2.09. The number of nitrogens with zero attached hydrogens (tertiary/aromatic N) is 1. The van der Waals surface area contributed by atoms with Crippen LogP contribution in [0.3, 0.4) is 0 Å². The lowest BCUT2D eigenvalue weighted by molar-refractivity contribution is 0.0995. The zero-order chi connectivity index (χ0) is 11.7. The molecule has 0 radical (unpaired) electrons. The highest BCUT2D eigenvalue weighted by atomic mass is 16.1. The van der Waals surface area contributed by atoms with Crippen LogP contribution in [0.25, 0.3) is 11.0 Å². The number of nitrogens with two attached hydrogens (primary N) is 1. The zero-order valence-electron chi connectivity index (χ0n) is 8.78. The van der Waals surface area contributed by atoms with Crippen LogP contribution in [0.15, 0.2) is 18.2 Å². The third kappa shape index (κ3) is 1.72. The van der Waals surface area contributed by atoms with E-state index >= 15 is 0 Å². The monoisotopic (exact) mass is 217 g/mol. The van der Waals surface area contributed by atoms with Crippen molar-refractivity contribution in [3.05, 3.63) is 29.6 Å². The second kappa shape index (κ2) is 3.86. The summed E-state index contributed by atoms with van der Waals surface area (Å²) in [4.78, 5) is 29.4. The molecule has 2 rings (SSSR count). The fraction of sp³-hybridized carbons (Fsp3) is 0.182. The number of hydrogen-bond acceptors (Lipinski definition) is 4. The van der Waals surface area contributed by atoms with Gasteiger partial charge in [-0.05, 0) is 18.2 Å². The molecule has 5 heteroatoms. The summed E-state index contributed by atoms with van der Waals surface area (Å²) >= 11 is 0. The topological polar surface area (TPSA) is 88.8 Å². The summed E-state index contributed by atoms with van der Waals surface area (Å²) in [5.74, 6) is 0.0242. The predicted molar refractivity (Wildman–Crippen MR) is 59.5 cm³/mol. The summed E-state index contributed by atoms with van der Waals surface area (Å²) in [5, 5.41) is 0. The van der Waals surface area contributed by atoms with Gasteiger partial charge in [-0.25, -0.2) is 4.98 Å². The Morgan fingerprint density at radius 1 is 1.44 bits per heavy atom. The third-order valence-electron chi connectivity index (χ3n) is 2.32. The number of fused-ring (bicyclic) bond motifs is 1. The maximum atomic E-state index is 11.4. The normalized spacial score (nSPS) is 10.6. The first kappa shape index (κ1) is 10.5. The van der Waals surface area contributed by atoms with Crippen molar-refractivity contribution in [1.82, 2.24) is 9.97 Å². The third-order valence-corrected chi connectivity index (χ3v) is 2.32. The molecule has 82 valence electrons. The lowest BCUT2D eigenvalue weighted by atomic mass is 10.1. The van der Waals surface area contributed by atoms with E-state index < -0.39 is 0 Å². The number of nitrogens with one attached hydrogen (secondary N) is 1. The number of carbonyl (C=O) groups excluding carboxylic acids is 2. The molecule has 0 aliphatic rings. The van der Waals surface area contributed by atoms with E-state index in [-0.39, 0.29) is 18.1 Å². The molecule has 3 N–H and O–H groups in total. The summed E-state index contributed by atoms with van der Waals surface area (Å²) in [7, 11) is 0. The van der Waals surface area contributed by atoms with Gasteiger partial charge in [-0.15, -0.1) is 0 Å². The molecule has 0 bridgehead atoms. The van der Waals surface area contributed by atoms with Crippen LogP contribution in [0, 0.1) is 0 Å². The van der Waals surface area contributed by atoms with Crippen molar-refractivity contribution in [3.8, 4) is 0 Å². The van der Waals surface area contributed by atoms with Crippen molar-refractivity contribution in [1.29, 1.82) is 0 Å². The van der Waals surface area contributed by atoms with Crippen LogP contribution >= 0.6 is 0 Å². The molecular formula is C11H11N3O2. The molecule has 0 spiro atoms. The second-order valence-corrected chi connectivity index (χ2v) is 3.50. The largest absolute Gasteiger partial charge is 0.335 e. The standard InChI is InChI=1S/C11H11N3O2/c1-6(15)11-13-8-3-2-7(10(16)5-12)4-9(8)14-11/h2-4H,5,12H2,1H3,(H,13,14). The minimum Gasteiger partial charge on any atom is -0.335 e. The van der Waals surface area contributed by atoms with Gasteiger partial charge in [0, 0.05) is 12.5 Å². The smallest absolute Gasteiger partial charge is 0.195 e. The Bertz CT molecular complexity index is 572. The van der Waals surface area contributed by atoms with Crippen molar-refractivity contribution in [2.75, 3.05) is 6.54 Å². The van der Waals surface area contributed by atoms with E-state index in [2.05, 4.69) is 9.97 Å². The van der Waals surface area contributed by atoms with Gasteiger partial charge in [0.1, 0.15) is 0 Å². The molecule has 0 aliphatic heterocycles. The molecule has 0 amide bonds. The minimum atomic E-state index is -0.138. The minimum absolute atomic E-state index is 0.0286. The van der Waals surface area contributed by atoms with Gasteiger partial charge in [0.15, 0.2) is 17.4 Å². The molecule has 0 fully saturated rings.